The molecule has 0 aromatic heterocycles. The van der Waals surface area contributed by atoms with Crippen LogP contribution in [0.25, 0.3) is 0 Å². The summed E-state index contributed by atoms with van der Waals surface area (Å²) in [6.45, 7) is 3.05. The first-order valence-corrected chi connectivity index (χ1v) is 4.50. The van der Waals surface area contributed by atoms with E-state index in [0.29, 0.717) is 5.56 Å². The minimum atomic E-state index is -2.06. The van der Waals surface area contributed by atoms with Gasteiger partial charge in [0.2, 0.25) is 5.67 Å². The lowest BCUT2D eigenvalue weighted by atomic mass is 9.98. The predicted octanol–water partition coefficient (Wildman–Crippen LogP) is 2.43. The van der Waals surface area contributed by atoms with E-state index in [-0.39, 0.29) is 6.61 Å². The number of ether oxygens (including phenoxy) is 1. The van der Waals surface area contributed by atoms with Gasteiger partial charge in [-0.3, -0.25) is 0 Å². The third kappa shape index (κ3) is 2.10. The molecule has 0 amide bonds. The third-order valence-corrected chi connectivity index (χ3v) is 1.97. The minimum absolute atomic E-state index is 0.186. The number of halogens is 1. The number of benzene rings is 1. The molecule has 1 atom stereocenters. The van der Waals surface area contributed by atoms with Crippen LogP contribution in [0, 0.1) is 0 Å². The van der Waals surface area contributed by atoms with Gasteiger partial charge in [0.15, 0.2) is 0 Å². The van der Waals surface area contributed by atoms with Crippen LogP contribution in [0.5, 0.6) is 0 Å². The fraction of sp³-hybridized carbons (Fsp3) is 0.364. The van der Waals surface area contributed by atoms with E-state index >= 15 is 0 Å². The molecule has 2 nitrogen and oxygen atoms in total. The quantitative estimate of drug-likeness (QED) is 0.694. The molecule has 0 fully saturated rings. The van der Waals surface area contributed by atoms with Crippen LogP contribution in [0.3, 0.4) is 0 Å². The molecule has 0 spiro atoms. The Morgan fingerprint density at radius 1 is 1.43 bits per heavy atom. The maximum atomic E-state index is 13.9. The first-order chi connectivity index (χ1) is 6.59. The average molecular weight is 196 g/mol. The summed E-state index contributed by atoms with van der Waals surface area (Å²) in [6.07, 6.45) is 0. The van der Waals surface area contributed by atoms with Crippen LogP contribution < -0.4 is 0 Å². The Hall–Kier alpha value is -1.38. The Morgan fingerprint density at radius 2 is 2.00 bits per heavy atom. The van der Waals surface area contributed by atoms with Crippen LogP contribution in [0.2, 0.25) is 0 Å². The van der Waals surface area contributed by atoms with Crippen molar-refractivity contribution < 1.29 is 13.9 Å². The second-order valence-corrected chi connectivity index (χ2v) is 3.09. The zero-order valence-corrected chi connectivity index (χ0v) is 8.29. The molecule has 1 aromatic rings. The highest BCUT2D eigenvalue weighted by molar-refractivity contribution is 5.80. The van der Waals surface area contributed by atoms with E-state index in [1.807, 2.05) is 0 Å². The van der Waals surface area contributed by atoms with Crippen molar-refractivity contribution >= 4 is 5.97 Å². The maximum absolute atomic E-state index is 13.9. The van der Waals surface area contributed by atoms with E-state index in [1.54, 1.807) is 37.3 Å². The highest BCUT2D eigenvalue weighted by atomic mass is 19.1. The van der Waals surface area contributed by atoms with Crippen molar-refractivity contribution in [2.24, 2.45) is 0 Å². The predicted molar refractivity (Wildman–Crippen MR) is 51.5 cm³/mol. The number of hydrogen-bond acceptors (Lipinski definition) is 2. The molecule has 0 aliphatic heterocycles. The first-order valence-electron chi connectivity index (χ1n) is 4.50. The zero-order chi connectivity index (χ0) is 10.6. The van der Waals surface area contributed by atoms with Gasteiger partial charge in [-0.05, 0) is 13.8 Å². The second-order valence-electron chi connectivity index (χ2n) is 3.09. The molecule has 0 aliphatic rings. The number of hydrogen-bond donors (Lipinski definition) is 0. The SMILES string of the molecule is CCOC(=O)[C@@](C)(F)c1ccccc1. The molecule has 1 rings (SSSR count). The van der Waals surface area contributed by atoms with E-state index in [2.05, 4.69) is 4.74 Å². The van der Waals surface area contributed by atoms with Gasteiger partial charge >= 0.3 is 5.97 Å². The molecular weight excluding hydrogens is 183 g/mol. The van der Waals surface area contributed by atoms with Crippen LogP contribution in [0.1, 0.15) is 19.4 Å². The Kier molecular flexibility index (Phi) is 3.23. The summed E-state index contributed by atoms with van der Waals surface area (Å²) in [6, 6.07) is 8.28. The van der Waals surface area contributed by atoms with Crippen LogP contribution in [-0.2, 0) is 15.2 Å². The van der Waals surface area contributed by atoms with Gasteiger partial charge in [0, 0.05) is 5.56 Å². The molecule has 0 unspecified atom stereocenters. The number of rotatable bonds is 3. The summed E-state index contributed by atoms with van der Waals surface area (Å²) < 4.78 is 18.6. The number of esters is 1. The van der Waals surface area contributed by atoms with Crippen molar-refractivity contribution in [3.05, 3.63) is 35.9 Å². The molecule has 0 heterocycles. The largest absolute Gasteiger partial charge is 0.463 e. The maximum Gasteiger partial charge on any atom is 0.348 e. The highest BCUT2D eigenvalue weighted by Gasteiger charge is 2.36. The van der Waals surface area contributed by atoms with E-state index < -0.39 is 11.6 Å². The Labute approximate surface area is 82.7 Å². The van der Waals surface area contributed by atoms with Crippen LogP contribution >= 0.6 is 0 Å². The van der Waals surface area contributed by atoms with Gasteiger partial charge in [-0.2, -0.15) is 0 Å². The summed E-state index contributed by atoms with van der Waals surface area (Å²) in [5.41, 5.74) is -1.74. The third-order valence-electron chi connectivity index (χ3n) is 1.97. The monoisotopic (exact) mass is 196 g/mol. The fourth-order valence-electron chi connectivity index (χ4n) is 1.14. The summed E-state index contributed by atoms with van der Waals surface area (Å²) >= 11 is 0. The van der Waals surface area contributed by atoms with Gasteiger partial charge in [0.1, 0.15) is 0 Å². The number of carbonyl (C=O) groups excluding carboxylic acids is 1. The van der Waals surface area contributed by atoms with Gasteiger partial charge < -0.3 is 4.74 Å². The number of carbonyl (C=O) groups is 1. The molecule has 0 bridgehead atoms. The molecule has 0 N–H and O–H groups in total. The van der Waals surface area contributed by atoms with Crippen molar-refractivity contribution in [1.29, 1.82) is 0 Å². The molecular formula is C11H13FO2. The lowest BCUT2D eigenvalue weighted by Crippen LogP contribution is -2.29. The van der Waals surface area contributed by atoms with Crippen LogP contribution in [-0.4, -0.2) is 12.6 Å². The molecule has 1 aromatic carbocycles. The average Bonchev–Trinajstić information content (AvgIpc) is 2.19. The van der Waals surface area contributed by atoms with E-state index in [4.69, 9.17) is 0 Å². The van der Waals surface area contributed by atoms with Crippen LogP contribution in [0.4, 0.5) is 4.39 Å². The Bertz CT molecular complexity index is 306. The zero-order valence-electron chi connectivity index (χ0n) is 8.29. The highest BCUT2D eigenvalue weighted by Crippen LogP contribution is 2.26. The van der Waals surface area contributed by atoms with Gasteiger partial charge in [-0.25, -0.2) is 9.18 Å². The van der Waals surface area contributed by atoms with E-state index in [1.165, 1.54) is 6.92 Å². The normalized spacial score (nSPS) is 14.5. The van der Waals surface area contributed by atoms with Crippen molar-refractivity contribution in [2.45, 2.75) is 19.5 Å². The molecule has 0 saturated carbocycles. The van der Waals surface area contributed by atoms with Crippen LogP contribution in [0.15, 0.2) is 30.3 Å². The van der Waals surface area contributed by atoms with Crippen molar-refractivity contribution in [2.75, 3.05) is 6.61 Å². The summed E-state index contributed by atoms with van der Waals surface area (Å²) in [5, 5.41) is 0. The van der Waals surface area contributed by atoms with Gasteiger partial charge in [0.25, 0.3) is 0 Å². The second kappa shape index (κ2) is 4.22. The molecule has 0 saturated heterocycles. The molecule has 14 heavy (non-hydrogen) atoms. The van der Waals surface area contributed by atoms with Crippen molar-refractivity contribution in [3.63, 3.8) is 0 Å². The van der Waals surface area contributed by atoms with Crippen molar-refractivity contribution in [3.8, 4) is 0 Å². The van der Waals surface area contributed by atoms with E-state index in [0.717, 1.165) is 0 Å². The first kappa shape index (κ1) is 10.7. The summed E-state index contributed by atoms with van der Waals surface area (Å²) in [4.78, 5) is 11.3. The number of alkyl halides is 1. The van der Waals surface area contributed by atoms with Gasteiger partial charge in [-0.1, -0.05) is 30.3 Å². The molecule has 3 heteroatoms. The van der Waals surface area contributed by atoms with Gasteiger partial charge in [0.05, 0.1) is 6.61 Å². The minimum Gasteiger partial charge on any atom is -0.463 e. The smallest absolute Gasteiger partial charge is 0.348 e. The standard InChI is InChI=1S/C11H13FO2/c1-3-14-10(13)11(2,12)9-7-5-4-6-8-9/h4-8H,3H2,1-2H3/t11-/m0/s1. The molecule has 76 valence electrons. The lowest BCUT2D eigenvalue weighted by molar-refractivity contribution is -0.156. The van der Waals surface area contributed by atoms with E-state index in [9.17, 15) is 9.18 Å². The van der Waals surface area contributed by atoms with Crippen molar-refractivity contribution in [1.82, 2.24) is 0 Å². The van der Waals surface area contributed by atoms with Gasteiger partial charge in [-0.15, -0.1) is 0 Å². The molecule has 0 aliphatic carbocycles. The summed E-state index contributed by atoms with van der Waals surface area (Å²) in [5.74, 6) is -0.841. The lowest BCUT2D eigenvalue weighted by Gasteiger charge is -2.18. The molecule has 0 radical (unpaired) electrons. The Balaban J connectivity index is 2.90. The summed E-state index contributed by atoms with van der Waals surface area (Å²) in [7, 11) is 0. The fourth-order valence-corrected chi connectivity index (χ4v) is 1.14. The topological polar surface area (TPSA) is 26.3 Å². The Morgan fingerprint density at radius 3 is 2.50 bits per heavy atom.